The summed E-state index contributed by atoms with van der Waals surface area (Å²) in [6.45, 7) is 8.98. The fraction of sp³-hybridized carbons (Fsp3) is 0.355. The maximum absolute atomic E-state index is 14.3. The van der Waals surface area contributed by atoms with Crippen LogP contribution in [0.5, 0.6) is 0 Å². The number of rotatable bonds is 13. The molecule has 0 aliphatic heterocycles. The van der Waals surface area contributed by atoms with Gasteiger partial charge in [0.1, 0.15) is 5.82 Å². The zero-order valence-electron chi connectivity index (χ0n) is 20.2. The Morgan fingerprint density at radius 2 is 1.70 bits per heavy atom. The van der Waals surface area contributed by atoms with Crippen LogP contribution in [0.2, 0.25) is 0 Å². The van der Waals surface area contributed by atoms with Gasteiger partial charge in [-0.15, -0.1) is 6.58 Å². The van der Waals surface area contributed by atoms with Crippen molar-refractivity contribution < 1.29 is 9.13 Å². The highest BCUT2D eigenvalue weighted by Gasteiger charge is 2.06. The van der Waals surface area contributed by atoms with E-state index in [4.69, 9.17) is 4.74 Å². The molecule has 3 aromatic rings. The number of allylic oxidation sites excluding steroid dienone is 2. The van der Waals surface area contributed by atoms with E-state index in [1.165, 1.54) is 30.2 Å². The van der Waals surface area contributed by atoms with Crippen molar-refractivity contribution in [2.75, 3.05) is 6.61 Å². The van der Waals surface area contributed by atoms with Gasteiger partial charge in [0.05, 0.1) is 6.10 Å². The Bertz CT molecular complexity index is 1070. The summed E-state index contributed by atoms with van der Waals surface area (Å²) < 4.78 is 20.2. The van der Waals surface area contributed by atoms with E-state index in [9.17, 15) is 4.39 Å². The van der Waals surface area contributed by atoms with Crippen LogP contribution in [0.1, 0.15) is 63.5 Å². The van der Waals surface area contributed by atoms with Gasteiger partial charge in [0.2, 0.25) is 0 Å². The highest BCUT2D eigenvalue weighted by Crippen LogP contribution is 2.27. The minimum atomic E-state index is -0.176. The summed E-state index contributed by atoms with van der Waals surface area (Å²) in [5.41, 5.74) is 3.81. The second-order valence-electron chi connectivity index (χ2n) is 8.84. The van der Waals surface area contributed by atoms with Gasteiger partial charge in [-0.25, -0.2) is 4.39 Å². The Hall–Kier alpha value is -2.71. The molecule has 0 heterocycles. The van der Waals surface area contributed by atoms with Crippen molar-refractivity contribution in [1.82, 2.24) is 0 Å². The summed E-state index contributed by atoms with van der Waals surface area (Å²) in [4.78, 5) is 0. The molecule has 1 unspecified atom stereocenters. The van der Waals surface area contributed by atoms with Crippen molar-refractivity contribution in [3.05, 3.63) is 90.3 Å². The van der Waals surface area contributed by atoms with Crippen molar-refractivity contribution in [3.8, 4) is 11.1 Å². The summed E-state index contributed by atoms with van der Waals surface area (Å²) in [7, 11) is 0. The minimum Gasteiger partial charge on any atom is -0.379 e. The molecule has 0 bridgehead atoms. The van der Waals surface area contributed by atoms with Crippen LogP contribution in [0.3, 0.4) is 0 Å². The maximum Gasteiger partial charge on any atom is 0.127 e. The molecule has 0 N–H and O–H groups in total. The first kappa shape index (κ1) is 24.9. The molecule has 0 aliphatic rings. The number of ether oxygens (including phenoxy) is 1. The quantitative estimate of drug-likeness (QED) is 0.189. The topological polar surface area (TPSA) is 9.23 Å². The van der Waals surface area contributed by atoms with Crippen LogP contribution in [-0.2, 0) is 11.2 Å². The third-order valence-corrected chi connectivity index (χ3v) is 6.06. The molecule has 33 heavy (non-hydrogen) atoms. The average Bonchev–Trinajstić information content (AvgIpc) is 2.82. The largest absolute Gasteiger partial charge is 0.379 e. The lowest BCUT2D eigenvalue weighted by atomic mass is 9.98. The lowest BCUT2D eigenvalue weighted by Crippen LogP contribution is -2.08. The normalized spacial score (nSPS) is 12.5. The molecule has 0 aliphatic carbocycles. The van der Waals surface area contributed by atoms with Crippen molar-refractivity contribution in [1.29, 1.82) is 0 Å². The standard InChI is InChI=1S/C31H37FO/c1-4-6-10-20-33-24(3)12-8-7-9-13-25-14-15-28-22-29(19-18-27(28)21-25)30-17-16-26(11-5-2)31(32)23-30/h5,9,13-19,21-24H,2,4,6-8,10-12,20H2,1,3H3. The lowest BCUT2D eigenvalue weighted by Gasteiger charge is -2.12. The molecule has 0 radical (unpaired) electrons. The Balaban J connectivity index is 1.55. The van der Waals surface area contributed by atoms with Gasteiger partial charge >= 0.3 is 0 Å². The third-order valence-electron chi connectivity index (χ3n) is 6.06. The maximum atomic E-state index is 14.3. The van der Waals surface area contributed by atoms with Gasteiger partial charge in [0, 0.05) is 6.61 Å². The monoisotopic (exact) mass is 444 g/mol. The molecule has 0 saturated heterocycles. The molecule has 3 rings (SSSR count). The van der Waals surface area contributed by atoms with Crippen LogP contribution in [0, 0.1) is 5.82 Å². The Morgan fingerprint density at radius 3 is 2.48 bits per heavy atom. The molecular weight excluding hydrogens is 407 g/mol. The third kappa shape index (κ3) is 7.68. The number of hydrogen-bond acceptors (Lipinski definition) is 1. The predicted octanol–water partition coefficient (Wildman–Crippen LogP) is 9.15. The van der Waals surface area contributed by atoms with Crippen molar-refractivity contribution in [2.24, 2.45) is 0 Å². The molecule has 0 amide bonds. The molecule has 0 saturated carbocycles. The van der Waals surface area contributed by atoms with E-state index in [-0.39, 0.29) is 5.82 Å². The molecule has 1 nitrogen and oxygen atoms in total. The molecular formula is C31H37FO. The molecule has 1 atom stereocenters. The fourth-order valence-electron chi connectivity index (χ4n) is 4.06. The van der Waals surface area contributed by atoms with Gasteiger partial charge < -0.3 is 4.74 Å². The van der Waals surface area contributed by atoms with Crippen LogP contribution >= 0.6 is 0 Å². The van der Waals surface area contributed by atoms with E-state index in [2.05, 4.69) is 69.0 Å². The molecule has 0 aromatic heterocycles. The number of halogens is 1. The SMILES string of the molecule is C=CCc1ccc(-c2ccc3cc(C=CCCCC(C)OCCCCC)ccc3c2)cc1F. The van der Waals surface area contributed by atoms with Gasteiger partial charge in [0.25, 0.3) is 0 Å². The minimum absolute atomic E-state index is 0.176. The number of unbranched alkanes of at least 4 members (excludes halogenated alkanes) is 3. The van der Waals surface area contributed by atoms with Crippen LogP contribution in [0.4, 0.5) is 4.39 Å². The molecule has 174 valence electrons. The van der Waals surface area contributed by atoms with Gasteiger partial charge in [0.15, 0.2) is 0 Å². The van der Waals surface area contributed by atoms with Gasteiger partial charge in [-0.3, -0.25) is 0 Å². The second kappa shape index (κ2) is 13.1. The van der Waals surface area contributed by atoms with Crippen LogP contribution in [-0.4, -0.2) is 12.7 Å². The van der Waals surface area contributed by atoms with E-state index in [1.807, 2.05) is 12.1 Å². The summed E-state index contributed by atoms with van der Waals surface area (Å²) in [5, 5.41) is 2.35. The summed E-state index contributed by atoms with van der Waals surface area (Å²) in [6, 6.07) is 18.3. The highest BCUT2D eigenvalue weighted by atomic mass is 19.1. The zero-order chi connectivity index (χ0) is 23.5. The van der Waals surface area contributed by atoms with Gasteiger partial charge in [-0.2, -0.15) is 0 Å². The number of fused-ring (bicyclic) bond motifs is 1. The highest BCUT2D eigenvalue weighted by molar-refractivity contribution is 5.89. The molecule has 2 heteroatoms. The van der Waals surface area contributed by atoms with E-state index in [1.54, 1.807) is 12.1 Å². The van der Waals surface area contributed by atoms with E-state index in [0.717, 1.165) is 42.4 Å². The van der Waals surface area contributed by atoms with Crippen molar-refractivity contribution >= 4 is 16.8 Å². The fourth-order valence-corrected chi connectivity index (χ4v) is 4.06. The smallest absolute Gasteiger partial charge is 0.127 e. The van der Waals surface area contributed by atoms with Gasteiger partial charge in [-0.05, 0) is 90.3 Å². The Labute approximate surface area is 199 Å². The zero-order valence-corrected chi connectivity index (χ0v) is 20.2. The van der Waals surface area contributed by atoms with Gasteiger partial charge in [-0.1, -0.05) is 74.4 Å². The number of benzene rings is 3. The number of hydrogen-bond donors (Lipinski definition) is 0. The second-order valence-corrected chi connectivity index (χ2v) is 8.84. The first-order chi connectivity index (χ1) is 16.1. The molecule has 3 aromatic carbocycles. The molecule has 0 fully saturated rings. The lowest BCUT2D eigenvalue weighted by molar-refractivity contribution is 0.0566. The van der Waals surface area contributed by atoms with Crippen molar-refractivity contribution in [2.45, 2.75) is 64.9 Å². The van der Waals surface area contributed by atoms with E-state index >= 15 is 0 Å². The predicted molar refractivity (Wildman–Crippen MR) is 141 cm³/mol. The first-order valence-electron chi connectivity index (χ1n) is 12.3. The van der Waals surface area contributed by atoms with Crippen LogP contribution < -0.4 is 0 Å². The average molecular weight is 445 g/mol. The summed E-state index contributed by atoms with van der Waals surface area (Å²) in [6.07, 6.45) is 14.0. The Kier molecular flexibility index (Phi) is 9.90. The van der Waals surface area contributed by atoms with Crippen LogP contribution in [0.25, 0.3) is 28.0 Å². The van der Waals surface area contributed by atoms with Crippen molar-refractivity contribution in [3.63, 3.8) is 0 Å². The Morgan fingerprint density at radius 1 is 0.939 bits per heavy atom. The van der Waals surface area contributed by atoms with E-state index < -0.39 is 0 Å². The van der Waals surface area contributed by atoms with E-state index in [0.29, 0.717) is 18.1 Å². The molecule has 0 spiro atoms. The summed E-state index contributed by atoms with van der Waals surface area (Å²) in [5.74, 6) is -0.176. The van der Waals surface area contributed by atoms with Crippen LogP contribution in [0.15, 0.2) is 73.3 Å². The summed E-state index contributed by atoms with van der Waals surface area (Å²) >= 11 is 0. The first-order valence-corrected chi connectivity index (χ1v) is 12.3.